The van der Waals surface area contributed by atoms with Crippen molar-refractivity contribution in [2.45, 2.75) is 24.7 Å². The van der Waals surface area contributed by atoms with Gasteiger partial charge in [0.15, 0.2) is 0 Å². The van der Waals surface area contributed by atoms with Crippen LogP contribution in [0, 0.1) is 0 Å². The van der Waals surface area contributed by atoms with Gasteiger partial charge in [-0.2, -0.15) is 13.2 Å². The predicted octanol–water partition coefficient (Wildman–Crippen LogP) is 2.98. The molecule has 0 aliphatic heterocycles. The van der Waals surface area contributed by atoms with Crippen molar-refractivity contribution in [2.75, 3.05) is 5.32 Å². The van der Waals surface area contributed by atoms with E-state index < -0.39 is 11.7 Å². The molecule has 0 saturated heterocycles. The summed E-state index contributed by atoms with van der Waals surface area (Å²) in [4.78, 5) is 0. The SMILES string of the molecule is NC1CC1Nc1ccc(Br)cc1C(F)(F)F. The maximum absolute atomic E-state index is 12.7. The molecule has 3 N–H and O–H groups in total. The van der Waals surface area contributed by atoms with Crippen LogP contribution in [0.1, 0.15) is 12.0 Å². The van der Waals surface area contributed by atoms with Gasteiger partial charge in [-0.25, -0.2) is 0 Å². The summed E-state index contributed by atoms with van der Waals surface area (Å²) in [6.45, 7) is 0. The molecule has 1 aliphatic carbocycles. The van der Waals surface area contributed by atoms with Crippen molar-refractivity contribution in [3.8, 4) is 0 Å². The average molecular weight is 295 g/mol. The van der Waals surface area contributed by atoms with Crippen LogP contribution in [-0.2, 0) is 6.18 Å². The van der Waals surface area contributed by atoms with Gasteiger partial charge in [-0.1, -0.05) is 15.9 Å². The molecule has 1 fully saturated rings. The highest BCUT2D eigenvalue weighted by Gasteiger charge is 2.38. The lowest BCUT2D eigenvalue weighted by Crippen LogP contribution is -2.16. The summed E-state index contributed by atoms with van der Waals surface area (Å²) in [5.41, 5.74) is 4.98. The zero-order valence-electron chi connectivity index (χ0n) is 8.18. The Balaban J connectivity index is 2.29. The largest absolute Gasteiger partial charge is 0.418 e. The Hall–Kier alpha value is -0.750. The van der Waals surface area contributed by atoms with E-state index in [2.05, 4.69) is 21.2 Å². The molecule has 0 radical (unpaired) electrons. The molecule has 1 aromatic rings. The fraction of sp³-hybridized carbons (Fsp3) is 0.400. The second kappa shape index (κ2) is 3.92. The lowest BCUT2D eigenvalue weighted by Gasteiger charge is -2.14. The number of rotatable bonds is 2. The van der Waals surface area contributed by atoms with Crippen molar-refractivity contribution < 1.29 is 13.2 Å². The molecule has 0 bridgehead atoms. The summed E-state index contributed by atoms with van der Waals surface area (Å²) >= 11 is 3.03. The molecule has 1 aliphatic rings. The van der Waals surface area contributed by atoms with E-state index >= 15 is 0 Å². The molecule has 0 heterocycles. The molecule has 2 nitrogen and oxygen atoms in total. The normalized spacial score (nSPS) is 24.3. The van der Waals surface area contributed by atoms with E-state index in [4.69, 9.17) is 5.73 Å². The van der Waals surface area contributed by atoms with Crippen LogP contribution in [0.2, 0.25) is 0 Å². The van der Waals surface area contributed by atoms with E-state index in [0.717, 1.165) is 6.07 Å². The van der Waals surface area contributed by atoms with Crippen LogP contribution in [0.4, 0.5) is 18.9 Å². The van der Waals surface area contributed by atoms with Gasteiger partial charge >= 0.3 is 6.18 Å². The molecule has 6 heteroatoms. The van der Waals surface area contributed by atoms with Gasteiger partial charge < -0.3 is 11.1 Å². The van der Waals surface area contributed by atoms with Gasteiger partial charge in [-0.05, 0) is 24.6 Å². The third-order valence-corrected chi connectivity index (χ3v) is 2.96. The first-order valence-corrected chi connectivity index (χ1v) is 5.56. The molecule has 0 amide bonds. The third-order valence-electron chi connectivity index (χ3n) is 2.47. The Labute approximate surface area is 99.1 Å². The van der Waals surface area contributed by atoms with E-state index in [0.29, 0.717) is 10.9 Å². The van der Waals surface area contributed by atoms with Crippen LogP contribution in [0.5, 0.6) is 0 Å². The second-order valence-electron chi connectivity index (χ2n) is 3.84. The monoisotopic (exact) mass is 294 g/mol. The smallest absolute Gasteiger partial charge is 0.380 e. The second-order valence-corrected chi connectivity index (χ2v) is 4.75. The Morgan fingerprint density at radius 3 is 2.50 bits per heavy atom. The van der Waals surface area contributed by atoms with E-state index in [1.54, 1.807) is 6.07 Å². The van der Waals surface area contributed by atoms with E-state index in [9.17, 15) is 13.2 Å². The molecule has 1 aromatic carbocycles. The fourth-order valence-electron chi connectivity index (χ4n) is 1.46. The van der Waals surface area contributed by atoms with E-state index in [1.807, 2.05) is 0 Å². The summed E-state index contributed by atoms with van der Waals surface area (Å²) in [6, 6.07) is 3.98. The van der Waals surface area contributed by atoms with Crippen molar-refractivity contribution in [1.29, 1.82) is 0 Å². The summed E-state index contributed by atoms with van der Waals surface area (Å²) in [6.07, 6.45) is -3.64. The Kier molecular flexibility index (Phi) is 2.88. The minimum absolute atomic E-state index is 0.0373. The fourth-order valence-corrected chi connectivity index (χ4v) is 1.82. The first-order chi connectivity index (χ1) is 7.38. The molecule has 2 rings (SSSR count). The average Bonchev–Trinajstić information content (AvgIpc) is 2.83. The maximum atomic E-state index is 12.7. The number of hydrogen-bond donors (Lipinski definition) is 2. The molecule has 0 spiro atoms. The van der Waals surface area contributed by atoms with Crippen molar-refractivity contribution in [3.05, 3.63) is 28.2 Å². The van der Waals surface area contributed by atoms with Crippen molar-refractivity contribution in [3.63, 3.8) is 0 Å². The molecule has 2 unspecified atom stereocenters. The quantitative estimate of drug-likeness (QED) is 0.880. The van der Waals surface area contributed by atoms with Gasteiger partial charge in [0.05, 0.1) is 5.56 Å². The first-order valence-electron chi connectivity index (χ1n) is 4.77. The molecule has 0 aromatic heterocycles. The Bertz CT molecular complexity index is 406. The van der Waals surface area contributed by atoms with Crippen LogP contribution in [0.25, 0.3) is 0 Å². The molecule has 1 saturated carbocycles. The molecule has 2 atom stereocenters. The number of alkyl halides is 3. The van der Waals surface area contributed by atoms with Gasteiger partial charge in [-0.15, -0.1) is 0 Å². The van der Waals surface area contributed by atoms with Crippen LogP contribution in [-0.4, -0.2) is 12.1 Å². The highest BCUT2D eigenvalue weighted by atomic mass is 79.9. The Morgan fingerprint density at radius 1 is 1.38 bits per heavy atom. The zero-order chi connectivity index (χ0) is 11.9. The summed E-state index contributed by atoms with van der Waals surface area (Å²) in [7, 11) is 0. The van der Waals surface area contributed by atoms with Gasteiger partial charge in [0.1, 0.15) is 0 Å². The Morgan fingerprint density at radius 2 is 2.00 bits per heavy atom. The first kappa shape index (κ1) is 11.7. The number of hydrogen-bond acceptors (Lipinski definition) is 2. The van der Waals surface area contributed by atoms with Gasteiger partial charge in [0, 0.05) is 22.2 Å². The van der Waals surface area contributed by atoms with Crippen molar-refractivity contribution in [1.82, 2.24) is 0 Å². The van der Waals surface area contributed by atoms with Gasteiger partial charge in [0.2, 0.25) is 0 Å². The van der Waals surface area contributed by atoms with Crippen LogP contribution in [0.15, 0.2) is 22.7 Å². The summed E-state index contributed by atoms with van der Waals surface area (Å²) in [5, 5.41) is 2.80. The third kappa shape index (κ3) is 2.49. The molecular weight excluding hydrogens is 285 g/mol. The van der Waals surface area contributed by atoms with Crippen LogP contribution >= 0.6 is 15.9 Å². The zero-order valence-corrected chi connectivity index (χ0v) is 9.77. The summed E-state index contributed by atoms with van der Waals surface area (Å²) < 4.78 is 38.5. The van der Waals surface area contributed by atoms with Crippen molar-refractivity contribution >= 4 is 21.6 Å². The van der Waals surface area contributed by atoms with Crippen LogP contribution in [0.3, 0.4) is 0 Å². The molecule has 88 valence electrons. The number of anilines is 1. The lowest BCUT2D eigenvalue weighted by atomic mass is 10.1. The summed E-state index contributed by atoms with van der Waals surface area (Å²) in [5.74, 6) is 0. The van der Waals surface area contributed by atoms with Gasteiger partial charge in [0.25, 0.3) is 0 Å². The molecular formula is C10H10BrF3N2. The maximum Gasteiger partial charge on any atom is 0.418 e. The van der Waals surface area contributed by atoms with E-state index in [1.165, 1.54) is 6.07 Å². The van der Waals surface area contributed by atoms with Crippen molar-refractivity contribution in [2.24, 2.45) is 5.73 Å². The minimum atomic E-state index is -4.36. The number of halogens is 4. The molecule has 16 heavy (non-hydrogen) atoms. The number of benzene rings is 1. The lowest BCUT2D eigenvalue weighted by molar-refractivity contribution is -0.137. The highest BCUT2D eigenvalue weighted by molar-refractivity contribution is 9.10. The standard InChI is InChI=1S/C10H10BrF3N2/c11-5-1-2-8(16-9-4-7(9)15)6(3-5)10(12,13)14/h1-3,7,9,16H,4,15H2. The number of nitrogens with one attached hydrogen (secondary N) is 1. The van der Waals surface area contributed by atoms with Crippen LogP contribution < -0.4 is 11.1 Å². The van der Waals surface area contributed by atoms with Gasteiger partial charge in [-0.3, -0.25) is 0 Å². The van der Waals surface area contributed by atoms with E-state index in [-0.39, 0.29) is 17.8 Å². The predicted molar refractivity (Wildman–Crippen MR) is 59.1 cm³/mol. The topological polar surface area (TPSA) is 38.0 Å². The number of nitrogens with two attached hydrogens (primary N) is 1. The minimum Gasteiger partial charge on any atom is -0.380 e. The highest BCUT2D eigenvalue weighted by Crippen LogP contribution is 2.38.